The fourth-order valence-corrected chi connectivity index (χ4v) is 2.25. The molecule has 0 heterocycles. The molecule has 0 saturated carbocycles. The number of fused-ring (bicyclic) bond motifs is 1. The molecule has 4 nitrogen and oxygen atoms in total. The molecule has 0 spiro atoms. The maximum Gasteiger partial charge on any atom is 0.337 e. The predicted octanol–water partition coefficient (Wildman–Crippen LogP) is 3.86. The second-order valence-corrected chi connectivity index (χ2v) is 4.79. The molecule has 4 heteroatoms. The highest BCUT2D eigenvalue weighted by molar-refractivity contribution is 5.95. The molecule has 3 aromatic rings. The Bertz CT molecular complexity index is 828. The van der Waals surface area contributed by atoms with Crippen molar-refractivity contribution >= 4 is 33.8 Å². The minimum atomic E-state index is -1.03. The summed E-state index contributed by atoms with van der Waals surface area (Å²) < 4.78 is 0. The van der Waals surface area contributed by atoms with Gasteiger partial charge in [-0.25, -0.2) is 4.79 Å². The number of anilines is 3. The second kappa shape index (κ2) is 5.17. The lowest BCUT2D eigenvalue weighted by molar-refractivity contribution is 0.0698. The Morgan fingerprint density at radius 1 is 0.905 bits per heavy atom. The summed E-state index contributed by atoms with van der Waals surface area (Å²) in [6.45, 7) is 0. The van der Waals surface area contributed by atoms with Crippen LogP contribution in [-0.2, 0) is 0 Å². The number of carboxylic acid groups (broad SMARTS) is 1. The van der Waals surface area contributed by atoms with Crippen molar-refractivity contribution < 1.29 is 9.90 Å². The monoisotopic (exact) mass is 278 g/mol. The maximum atomic E-state index is 11.1. The largest absolute Gasteiger partial charge is 0.478 e. The number of rotatable bonds is 3. The van der Waals surface area contributed by atoms with E-state index in [1.54, 1.807) is 12.1 Å². The first-order valence-corrected chi connectivity index (χ1v) is 6.52. The van der Waals surface area contributed by atoms with Gasteiger partial charge in [0.15, 0.2) is 0 Å². The van der Waals surface area contributed by atoms with Crippen molar-refractivity contribution in [2.45, 2.75) is 0 Å². The van der Waals surface area contributed by atoms with Gasteiger partial charge < -0.3 is 16.2 Å². The second-order valence-electron chi connectivity index (χ2n) is 4.79. The van der Waals surface area contributed by atoms with Crippen molar-refractivity contribution in [1.29, 1.82) is 0 Å². The number of benzene rings is 3. The summed E-state index contributed by atoms with van der Waals surface area (Å²) in [5.74, 6) is -1.03. The Morgan fingerprint density at radius 3 is 2.33 bits per heavy atom. The third kappa shape index (κ3) is 2.65. The van der Waals surface area contributed by atoms with Crippen LogP contribution in [0.25, 0.3) is 10.8 Å². The lowest BCUT2D eigenvalue weighted by Crippen LogP contribution is -2.03. The Morgan fingerprint density at radius 2 is 1.57 bits per heavy atom. The van der Waals surface area contributed by atoms with Crippen LogP contribution >= 0.6 is 0 Å². The molecule has 3 aromatic carbocycles. The molecule has 0 fully saturated rings. The maximum absolute atomic E-state index is 11.1. The third-order valence-corrected chi connectivity index (χ3v) is 3.32. The SMILES string of the molecule is Nc1ccc(Nc2ccc3ccccc3c2)cc1C(=O)O. The minimum absolute atomic E-state index is 0.0980. The number of hydrogen-bond acceptors (Lipinski definition) is 3. The molecule has 21 heavy (non-hydrogen) atoms. The first kappa shape index (κ1) is 13.0. The molecule has 3 rings (SSSR count). The number of nitrogen functional groups attached to an aromatic ring is 1. The Labute approximate surface area is 121 Å². The van der Waals surface area contributed by atoms with Crippen molar-refractivity contribution in [2.75, 3.05) is 11.1 Å². The number of aromatic carboxylic acids is 1. The summed E-state index contributed by atoms with van der Waals surface area (Å²) in [4.78, 5) is 11.1. The zero-order valence-corrected chi connectivity index (χ0v) is 11.2. The molecule has 4 N–H and O–H groups in total. The molecule has 0 atom stereocenters. The zero-order valence-electron chi connectivity index (χ0n) is 11.2. The summed E-state index contributed by atoms with van der Waals surface area (Å²) in [7, 11) is 0. The smallest absolute Gasteiger partial charge is 0.337 e. The average molecular weight is 278 g/mol. The fourth-order valence-electron chi connectivity index (χ4n) is 2.25. The van der Waals surface area contributed by atoms with Crippen LogP contribution in [0.2, 0.25) is 0 Å². The predicted molar refractivity (Wildman–Crippen MR) is 85.0 cm³/mol. The topological polar surface area (TPSA) is 75.3 Å². The van der Waals surface area contributed by atoms with Crippen LogP contribution in [0.15, 0.2) is 60.7 Å². The Hall–Kier alpha value is -3.01. The molecule has 0 aromatic heterocycles. The van der Waals surface area contributed by atoms with Crippen LogP contribution < -0.4 is 11.1 Å². The molecular weight excluding hydrogens is 264 g/mol. The van der Waals surface area contributed by atoms with Crippen molar-refractivity contribution in [3.05, 3.63) is 66.2 Å². The summed E-state index contributed by atoms with van der Waals surface area (Å²) in [5.41, 5.74) is 7.59. The normalized spacial score (nSPS) is 10.5. The van der Waals surface area contributed by atoms with E-state index in [-0.39, 0.29) is 11.3 Å². The first-order chi connectivity index (χ1) is 10.1. The van der Waals surface area contributed by atoms with Crippen molar-refractivity contribution in [2.24, 2.45) is 0 Å². The van der Waals surface area contributed by atoms with Gasteiger partial charge in [0.1, 0.15) is 0 Å². The van der Waals surface area contributed by atoms with E-state index in [4.69, 9.17) is 10.8 Å². The van der Waals surface area contributed by atoms with Gasteiger partial charge in [-0.15, -0.1) is 0 Å². The van der Waals surface area contributed by atoms with Gasteiger partial charge in [-0.2, -0.15) is 0 Å². The highest BCUT2D eigenvalue weighted by Crippen LogP contribution is 2.24. The highest BCUT2D eigenvalue weighted by Gasteiger charge is 2.08. The van der Waals surface area contributed by atoms with Gasteiger partial charge in [0.05, 0.1) is 5.56 Å². The molecule has 0 aliphatic carbocycles. The molecule has 0 radical (unpaired) electrons. The van der Waals surface area contributed by atoms with E-state index in [9.17, 15) is 4.79 Å². The summed E-state index contributed by atoms with van der Waals surface area (Å²) >= 11 is 0. The van der Waals surface area contributed by atoms with E-state index in [1.807, 2.05) is 42.5 Å². The molecule has 104 valence electrons. The van der Waals surface area contributed by atoms with E-state index in [0.29, 0.717) is 5.69 Å². The summed E-state index contributed by atoms with van der Waals surface area (Å²) in [5, 5.41) is 14.6. The fraction of sp³-hybridized carbons (Fsp3) is 0. The molecule has 0 saturated heterocycles. The van der Waals surface area contributed by atoms with Gasteiger partial charge >= 0.3 is 5.97 Å². The van der Waals surface area contributed by atoms with E-state index in [2.05, 4.69) is 5.32 Å². The molecule has 0 aliphatic rings. The van der Waals surface area contributed by atoms with Crippen LogP contribution in [0.4, 0.5) is 17.1 Å². The van der Waals surface area contributed by atoms with Crippen LogP contribution in [0.3, 0.4) is 0 Å². The number of nitrogens with one attached hydrogen (secondary N) is 1. The summed E-state index contributed by atoms with van der Waals surface area (Å²) in [6, 6.07) is 18.9. The first-order valence-electron chi connectivity index (χ1n) is 6.52. The van der Waals surface area contributed by atoms with Crippen LogP contribution in [0, 0.1) is 0 Å². The summed E-state index contributed by atoms with van der Waals surface area (Å²) in [6.07, 6.45) is 0. The van der Waals surface area contributed by atoms with Crippen molar-refractivity contribution in [3.8, 4) is 0 Å². The zero-order chi connectivity index (χ0) is 14.8. The molecule has 0 bridgehead atoms. The number of carboxylic acids is 1. The van der Waals surface area contributed by atoms with E-state index < -0.39 is 5.97 Å². The van der Waals surface area contributed by atoms with Gasteiger partial charge in [-0.1, -0.05) is 30.3 Å². The van der Waals surface area contributed by atoms with E-state index in [0.717, 1.165) is 16.5 Å². The van der Waals surface area contributed by atoms with E-state index in [1.165, 1.54) is 6.07 Å². The lowest BCUT2D eigenvalue weighted by Gasteiger charge is -2.09. The van der Waals surface area contributed by atoms with Crippen LogP contribution in [0.5, 0.6) is 0 Å². The Kier molecular flexibility index (Phi) is 3.20. The van der Waals surface area contributed by atoms with E-state index >= 15 is 0 Å². The number of nitrogens with two attached hydrogens (primary N) is 1. The van der Waals surface area contributed by atoms with Crippen LogP contribution in [0.1, 0.15) is 10.4 Å². The van der Waals surface area contributed by atoms with Crippen molar-refractivity contribution in [3.63, 3.8) is 0 Å². The molecule has 0 aliphatic heterocycles. The average Bonchev–Trinajstić information content (AvgIpc) is 2.49. The van der Waals surface area contributed by atoms with Crippen molar-refractivity contribution in [1.82, 2.24) is 0 Å². The highest BCUT2D eigenvalue weighted by atomic mass is 16.4. The van der Waals surface area contributed by atoms with Gasteiger partial charge in [0, 0.05) is 17.1 Å². The number of hydrogen-bond donors (Lipinski definition) is 3. The number of carbonyl (C=O) groups is 1. The quantitative estimate of drug-likeness (QED) is 0.636. The minimum Gasteiger partial charge on any atom is -0.478 e. The van der Waals surface area contributed by atoms with Gasteiger partial charge in [0.2, 0.25) is 0 Å². The molecule has 0 amide bonds. The van der Waals surface area contributed by atoms with Gasteiger partial charge in [-0.05, 0) is 41.1 Å². The van der Waals surface area contributed by atoms with Gasteiger partial charge in [-0.3, -0.25) is 0 Å². The van der Waals surface area contributed by atoms with Gasteiger partial charge in [0.25, 0.3) is 0 Å². The Balaban J connectivity index is 1.94. The van der Waals surface area contributed by atoms with Crippen LogP contribution in [-0.4, -0.2) is 11.1 Å². The lowest BCUT2D eigenvalue weighted by atomic mass is 10.1. The standard InChI is InChI=1S/C17H14N2O2/c18-16-8-7-14(10-15(16)17(20)21)19-13-6-5-11-3-1-2-4-12(11)9-13/h1-10,19H,18H2,(H,20,21). The molecule has 0 unspecified atom stereocenters. The molecular formula is C17H14N2O2. The third-order valence-electron chi connectivity index (χ3n) is 3.32.